The van der Waals surface area contributed by atoms with Crippen LogP contribution >= 0.6 is 0 Å². The van der Waals surface area contributed by atoms with Crippen molar-refractivity contribution in [2.75, 3.05) is 41.3 Å². The highest BCUT2D eigenvalue weighted by Gasteiger charge is 2.11. The molecule has 0 atom stereocenters. The molecule has 5 nitrogen and oxygen atoms in total. The molecule has 5 heteroatoms. The summed E-state index contributed by atoms with van der Waals surface area (Å²) in [5.74, 6) is 0.758. The molecule has 0 spiro atoms. The number of benzene rings is 1. The van der Waals surface area contributed by atoms with Crippen molar-refractivity contribution in [3.8, 4) is 0 Å². The SMILES string of the molecule is CCN(CC)c1ccc(NC(=O)c2ccc(N(CC)CC)nc2)c(C)c1. The lowest BCUT2D eigenvalue weighted by molar-refractivity contribution is 0.102. The first kappa shape index (κ1) is 19.8. The Hall–Kier alpha value is -2.56. The lowest BCUT2D eigenvalue weighted by Gasteiger charge is -2.22. The molecule has 0 radical (unpaired) electrons. The van der Waals surface area contributed by atoms with Crippen LogP contribution in [0.3, 0.4) is 0 Å². The molecular formula is C21H30N4O. The molecule has 0 saturated carbocycles. The fourth-order valence-corrected chi connectivity index (χ4v) is 3.02. The van der Waals surface area contributed by atoms with Gasteiger partial charge in [-0.1, -0.05) is 0 Å². The smallest absolute Gasteiger partial charge is 0.257 e. The first-order valence-electron chi connectivity index (χ1n) is 9.41. The van der Waals surface area contributed by atoms with Gasteiger partial charge >= 0.3 is 0 Å². The van der Waals surface area contributed by atoms with E-state index in [4.69, 9.17) is 0 Å². The molecule has 26 heavy (non-hydrogen) atoms. The van der Waals surface area contributed by atoms with Crippen molar-refractivity contribution in [1.82, 2.24) is 4.98 Å². The first-order valence-corrected chi connectivity index (χ1v) is 9.41. The number of nitrogens with zero attached hydrogens (tertiary/aromatic N) is 3. The number of anilines is 3. The number of amides is 1. The van der Waals surface area contributed by atoms with Gasteiger partial charge in [0.15, 0.2) is 0 Å². The summed E-state index contributed by atoms with van der Waals surface area (Å²) < 4.78 is 0. The number of carbonyl (C=O) groups is 1. The minimum Gasteiger partial charge on any atom is -0.372 e. The highest BCUT2D eigenvalue weighted by atomic mass is 16.1. The van der Waals surface area contributed by atoms with Crippen molar-refractivity contribution in [2.45, 2.75) is 34.6 Å². The molecule has 0 aliphatic heterocycles. The Balaban J connectivity index is 2.12. The molecule has 1 amide bonds. The summed E-state index contributed by atoms with van der Waals surface area (Å²) in [5, 5.41) is 2.99. The number of rotatable bonds is 8. The second kappa shape index (κ2) is 9.22. The van der Waals surface area contributed by atoms with E-state index in [1.165, 1.54) is 5.69 Å². The van der Waals surface area contributed by atoms with E-state index in [-0.39, 0.29) is 5.91 Å². The molecule has 1 aromatic heterocycles. The summed E-state index contributed by atoms with van der Waals surface area (Å²) in [6.45, 7) is 14.2. The standard InChI is InChI=1S/C21H30N4O/c1-6-24(7-2)18-11-12-19(16(5)14-18)23-21(26)17-10-13-20(22-15-17)25(8-3)9-4/h10-15H,6-9H2,1-5H3,(H,23,26). The molecular weight excluding hydrogens is 324 g/mol. The summed E-state index contributed by atoms with van der Waals surface area (Å²) in [4.78, 5) is 21.4. The van der Waals surface area contributed by atoms with E-state index in [0.29, 0.717) is 5.56 Å². The van der Waals surface area contributed by atoms with E-state index in [1.54, 1.807) is 6.20 Å². The Morgan fingerprint density at radius 2 is 1.62 bits per heavy atom. The molecule has 1 heterocycles. The molecule has 0 unspecified atom stereocenters. The molecule has 0 saturated heterocycles. The van der Waals surface area contributed by atoms with Gasteiger partial charge in [-0.05, 0) is 70.5 Å². The number of pyridine rings is 1. The van der Waals surface area contributed by atoms with E-state index in [0.717, 1.165) is 43.2 Å². The van der Waals surface area contributed by atoms with Crippen LogP contribution < -0.4 is 15.1 Å². The summed E-state index contributed by atoms with van der Waals surface area (Å²) >= 11 is 0. The Labute approximate surface area is 157 Å². The molecule has 0 aliphatic carbocycles. The van der Waals surface area contributed by atoms with Crippen LogP contribution in [0.2, 0.25) is 0 Å². The number of nitrogens with one attached hydrogen (secondary N) is 1. The van der Waals surface area contributed by atoms with Crippen LogP contribution in [-0.4, -0.2) is 37.1 Å². The van der Waals surface area contributed by atoms with Gasteiger partial charge in [0.05, 0.1) is 5.56 Å². The second-order valence-corrected chi connectivity index (χ2v) is 6.20. The molecule has 2 aromatic rings. The molecule has 1 aromatic carbocycles. The fraction of sp³-hybridized carbons (Fsp3) is 0.429. The van der Waals surface area contributed by atoms with Crippen LogP contribution in [0.25, 0.3) is 0 Å². The second-order valence-electron chi connectivity index (χ2n) is 6.20. The summed E-state index contributed by atoms with van der Waals surface area (Å²) in [5.41, 5.74) is 3.62. The Bertz CT molecular complexity index is 719. The summed E-state index contributed by atoms with van der Waals surface area (Å²) in [6.07, 6.45) is 1.64. The zero-order chi connectivity index (χ0) is 19.1. The van der Waals surface area contributed by atoms with Crippen molar-refractivity contribution < 1.29 is 4.79 Å². The molecule has 1 N–H and O–H groups in total. The predicted octanol–water partition coefficient (Wildman–Crippen LogP) is 4.33. The Morgan fingerprint density at radius 3 is 2.12 bits per heavy atom. The van der Waals surface area contributed by atoms with Crippen molar-refractivity contribution in [2.24, 2.45) is 0 Å². The van der Waals surface area contributed by atoms with Gasteiger partial charge in [0.25, 0.3) is 5.91 Å². The van der Waals surface area contributed by atoms with Crippen LogP contribution in [-0.2, 0) is 0 Å². The minimum atomic E-state index is -0.137. The van der Waals surface area contributed by atoms with E-state index in [1.807, 2.05) is 25.1 Å². The number of carbonyl (C=O) groups excluding carboxylic acids is 1. The minimum absolute atomic E-state index is 0.137. The van der Waals surface area contributed by atoms with Gasteiger partial charge in [0.1, 0.15) is 5.82 Å². The summed E-state index contributed by atoms with van der Waals surface area (Å²) in [6, 6.07) is 9.87. The molecule has 0 bridgehead atoms. The molecule has 0 aliphatic rings. The third-order valence-corrected chi connectivity index (χ3v) is 4.68. The van der Waals surface area contributed by atoms with Gasteiger partial charge in [0, 0.05) is 43.8 Å². The number of aryl methyl sites for hydroxylation is 1. The monoisotopic (exact) mass is 354 g/mol. The highest BCUT2D eigenvalue weighted by molar-refractivity contribution is 6.04. The highest BCUT2D eigenvalue weighted by Crippen LogP contribution is 2.23. The first-order chi connectivity index (χ1) is 12.5. The maximum absolute atomic E-state index is 12.5. The Kier molecular flexibility index (Phi) is 7.01. The molecule has 140 valence electrons. The van der Waals surface area contributed by atoms with Gasteiger partial charge in [-0.15, -0.1) is 0 Å². The zero-order valence-electron chi connectivity index (χ0n) is 16.5. The lowest BCUT2D eigenvalue weighted by atomic mass is 10.1. The number of aromatic nitrogens is 1. The van der Waals surface area contributed by atoms with Gasteiger partial charge < -0.3 is 15.1 Å². The van der Waals surface area contributed by atoms with E-state index in [2.05, 4.69) is 59.9 Å². The molecule has 2 rings (SSSR count). The zero-order valence-corrected chi connectivity index (χ0v) is 16.5. The van der Waals surface area contributed by atoms with Crippen molar-refractivity contribution in [3.63, 3.8) is 0 Å². The normalized spacial score (nSPS) is 10.5. The van der Waals surface area contributed by atoms with Crippen LogP contribution in [0, 0.1) is 6.92 Å². The van der Waals surface area contributed by atoms with E-state index in [9.17, 15) is 4.79 Å². The van der Waals surface area contributed by atoms with E-state index >= 15 is 0 Å². The lowest BCUT2D eigenvalue weighted by Crippen LogP contribution is -2.23. The van der Waals surface area contributed by atoms with E-state index < -0.39 is 0 Å². The van der Waals surface area contributed by atoms with Crippen molar-refractivity contribution >= 4 is 23.1 Å². The van der Waals surface area contributed by atoms with Crippen LogP contribution in [0.5, 0.6) is 0 Å². The average molecular weight is 354 g/mol. The van der Waals surface area contributed by atoms with Crippen LogP contribution in [0.4, 0.5) is 17.2 Å². The quantitative estimate of drug-likeness (QED) is 0.766. The third-order valence-electron chi connectivity index (χ3n) is 4.68. The summed E-state index contributed by atoms with van der Waals surface area (Å²) in [7, 11) is 0. The van der Waals surface area contributed by atoms with Gasteiger partial charge in [-0.3, -0.25) is 4.79 Å². The predicted molar refractivity (Wildman–Crippen MR) is 110 cm³/mol. The average Bonchev–Trinajstić information content (AvgIpc) is 2.66. The topological polar surface area (TPSA) is 48.5 Å². The number of hydrogen-bond donors (Lipinski definition) is 1. The largest absolute Gasteiger partial charge is 0.372 e. The Morgan fingerprint density at radius 1 is 0.962 bits per heavy atom. The maximum atomic E-state index is 12.5. The van der Waals surface area contributed by atoms with Gasteiger partial charge in [-0.2, -0.15) is 0 Å². The fourth-order valence-electron chi connectivity index (χ4n) is 3.02. The van der Waals surface area contributed by atoms with Crippen LogP contribution in [0.15, 0.2) is 36.5 Å². The van der Waals surface area contributed by atoms with Crippen LogP contribution in [0.1, 0.15) is 43.6 Å². The molecule has 0 fully saturated rings. The maximum Gasteiger partial charge on any atom is 0.257 e. The van der Waals surface area contributed by atoms with Crippen molar-refractivity contribution in [3.05, 3.63) is 47.7 Å². The van der Waals surface area contributed by atoms with Crippen molar-refractivity contribution in [1.29, 1.82) is 0 Å². The van der Waals surface area contributed by atoms with Gasteiger partial charge in [-0.25, -0.2) is 4.98 Å². The number of hydrogen-bond acceptors (Lipinski definition) is 4. The third kappa shape index (κ3) is 4.54. The van der Waals surface area contributed by atoms with Gasteiger partial charge in [0.2, 0.25) is 0 Å².